The van der Waals surface area contributed by atoms with Crippen molar-refractivity contribution in [1.82, 2.24) is 0 Å². The van der Waals surface area contributed by atoms with Gasteiger partial charge < -0.3 is 5.11 Å². The first-order valence-corrected chi connectivity index (χ1v) is 6.31. The van der Waals surface area contributed by atoms with Gasteiger partial charge in [-0.05, 0) is 37.0 Å². The molecule has 1 saturated carbocycles. The number of hydrogen-bond donors (Lipinski definition) is 1. The van der Waals surface area contributed by atoms with Crippen LogP contribution in [0.3, 0.4) is 0 Å². The van der Waals surface area contributed by atoms with Crippen molar-refractivity contribution < 1.29 is 5.11 Å². The zero-order valence-electron chi connectivity index (χ0n) is 10.00. The van der Waals surface area contributed by atoms with E-state index in [1.807, 2.05) is 0 Å². The van der Waals surface area contributed by atoms with Gasteiger partial charge in [0.2, 0.25) is 0 Å². The number of rotatable bonds is 5. The second kappa shape index (κ2) is 5.75. The zero-order valence-corrected chi connectivity index (χ0v) is 10.00. The van der Waals surface area contributed by atoms with Crippen LogP contribution in [-0.4, -0.2) is 11.2 Å². The molecule has 0 radical (unpaired) electrons. The van der Waals surface area contributed by atoms with E-state index in [4.69, 9.17) is 0 Å². The number of aliphatic hydroxyl groups excluding tert-OH is 1. The molecule has 1 heteroatoms. The van der Waals surface area contributed by atoms with E-state index in [1.165, 1.54) is 32.1 Å². The molecule has 0 aromatic rings. The monoisotopic (exact) mass is 198 g/mol. The van der Waals surface area contributed by atoms with Crippen LogP contribution in [0.1, 0.15) is 59.3 Å². The van der Waals surface area contributed by atoms with Gasteiger partial charge in [0.1, 0.15) is 0 Å². The Kier molecular flexibility index (Phi) is 4.94. The van der Waals surface area contributed by atoms with Gasteiger partial charge in [0.15, 0.2) is 0 Å². The Morgan fingerprint density at radius 2 is 2.07 bits per heavy atom. The lowest BCUT2D eigenvalue weighted by Gasteiger charge is -2.21. The van der Waals surface area contributed by atoms with Crippen LogP contribution in [0, 0.1) is 17.8 Å². The fourth-order valence-electron chi connectivity index (χ4n) is 2.82. The largest absolute Gasteiger partial charge is 0.393 e. The van der Waals surface area contributed by atoms with Crippen molar-refractivity contribution in [2.75, 3.05) is 0 Å². The standard InChI is InChI=1S/C13H26O/c1-4-5-10(2)9-13(14)12-7-6-11(3)8-12/h10-14H,4-9H2,1-3H3. The van der Waals surface area contributed by atoms with Crippen molar-refractivity contribution in [3.8, 4) is 0 Å². The minimum Gasteiger partial charge on any atom is -0.393 e. The van der Waals surface area contributed by atoms with Crippen molar-refractivity contribution in [3.63, 3.8) is 0 Å². The van der Waals surface area contributed by atoms with Gasteiger partial charge in [-0.25, -0.2) is 0 Å². The van der Waals surface area contributed by atoms with Crippen LogP contribution in [-0.2, 0) is 0 Å². The molecule has 0 amide bonds. The summed E-state index contributed by atoms with van der Waals surface area (Å²) < 4.78 is 0. The van der Waals surface area contributed by atoms with Crippen LogP contribution < -0.4 is 0 Å². The minimum atomic E-state index is -0.0264. The topological polar surface area (TPSA) is 20.2 Å². The predicted octanol–water partition coefficient (Wildman–Crippen LogP) is 3.61. The smallest absolute Gasteiger partial charge is 0.0571 e. The van der Waals surface area contributed by atoms with E-state index in [1.54, 1.807) is 0 Å². The third kappa shape index (κ3) is 3.61. The summed E-state index contributed by atoms with van der Waals surface area (Å²) in [5, 5.41) is 10.1. The average Bonchev–Trinajstić information content (AvgIpc) is 2.52. The second-order valence-electron chi connectivity index (χ2n) is 5.38. The van der Waals surface area contributed by atoms with Gasteiger partial charge in [-0.3, -0.25) is 0 Å². The molecule has 0 aromatic carbocycles. The van der Waals surface area contributed by atoms with Gasteiger partial charge in [-0.2, -0.15) is 0 Å². The molecule has 4 unspecified atom stereocenters. The molecule has 1 rings (SSSR count). The fraction of sp³-hybridized carbons (Fsp3) is 1.00. The highest BCUT2D eigenvalue weighted by Gasteiger charge is 2.28. The van der Waals surface area contributed by atoms with E-state index in [9.17, 15) is 5.11 Å². The average molecular weight is 198 g/mol. The Labute approximate surface area is 88.9 Å². The van der Waals surface area contributed by atoms with Crippen molar-refractivity contribution in [3.05, 3.63) is 0 Å². The molecule has 1 nitrogen and oxygen atoms in total. The van der Waals surface area contributed by atoms with Gasteiger partial charge in [0, 0.05) is 0 Å². The summed E-state index contributed by atoms with van der Waals surface area (Å²) in [6, 6.07) is 0. The number of hydrogen-bond acceptors (Lipinski definition) is 1. The van der Waals surface area contributed by atoms with E-state index >= 15 is 0 Å². The highest BCUT2D eigenvalue weighted by Crippen LogP contribution is 2.34. The normalized spacial score (nSPS) is 31.7. The van der Waals surface area contributed by atoms with E-state index in [0.29, 0.717) is 11.8 Å². The third-order valence-electron chi connectivity index (χ3n) is 3.70. The maximum absolute atomic E-state index is 10.1. The molecule has 4 atom stereocenters. The van der Waals surface area contributed by atoms with Gasteiger partial charge in [0.05, 0.1) is 6.10 Å². The van der Waals surface area contributed by atoms with Crippen LogP contribution in [0.2, 0.25) is 0 Å². The Morgan fingerprint density at radius 1 is 1.36 bits per heavy atom. The van der Waals surface area contributed by atoms with Gasteiger partial charge >= 0.3 is 0 Å². The molecule has 84 valence electrons. The summed E-state index contributed by atoms with van der Waals surface area (Å²) >= 11 is 0. The molecular formula is C13H26O. The minimum absolute atomic E-state index is 0.0264. The lowest BCUT2D eigenvalue weighted by molar-refractivity contribution is 0.0837. The van der Waals surface area contributed by atoms with Crippen molar-refractivity contribution >= 4 is 0 Å². The molecule has 0 heterocycles. The Hall–Kier alpha value is -0.0400. The third-order valence-corrected chi connectivity index (χ3v) is 3.70. The van der Waals surface area contributed by atoms with E-state index < -0.39 is 0 Å². The van der Waals surface area contributed by atoms with Gasteiger partial charge in [-0.1, -0.05) is 40.0 Å². The SMILES string of the molecule is CCCC(C)CC(O)C1CCC(C)C1. The summed E-state index contributed by atoms with van der Waals surface area (Å²) in [7, 11) is 0. The maximum atomic E-state index is 10.1. The van der Waals surface area contributed by atoms with E-state index in [-0.39, 0.29) is 6.10 Å². The Balaban J connectivity index is 2.23. The lowest BCUT2D eigenvalue weighted by atomic mass is 9.90. The highest BCUT2D eigenvalue weighted by molar-refractivity contribution is 4.79. The van der Waals surface area contributed by atoms with Gasteiger partial charge in [-0.15, -0.1) is 0 Å². The van der Waals surface area contributed by atoms with Crippen LogP contribution >= 0.6 is 0 Å². The molecule has 0 saturated heterocycles. The summed E-state index contributed by atoms with van der Waals surface area (Å²) in [4.78, 5) is 0. The zero-order chi connectivity index (χ0) is 10.6. The molecule has 0 aromatic heterocycles. The Bertz CT molecular complexity index is 155. The molecule has 1 aliphatic carbocycles. The van der Waals surface area contributed by atoms with Crippen LogP contribution in [0.15, 0.2) is 0 Å². The highest BCUT2D eigenvalue weighted by atomic mass is 16.3. The summed E-state index contributed by atoms with van der Waals surface area (Å²) in [6.07, 6.45) is 7.33. The van der Waals surface area contributed by atoms with Crippen LogP contribution in [0.5, 0.6) is 0 Å². The maximum Gasteiger partial charge on any atom is 0.0571 e. The predicted molar refractivity (Wildman–Crippen MR) is 61.2 cm³/mol. The lowest BCUT2D eigenvalue weighted by Crippen LogP contribution is -2.20. The molecular weight excluding hydrogens is 172 g/mol. The summed E-state index contributed by atoms with van der Waals surface area (Å²) in [6.45, 7) is 6.80. The first-order chi connectivity index (χ1) is 6.63. The van der Waals surface area contributed by atoms with Gasteiger partial charge in [0.25, 0.3) is 0 Å². The molecule has 0 bridgehead atoms. The molecule has 1 N–H and O–H groups in total. The summed E-state index contributed by atoms with van der Waals surface area (Å²) in [5.74, 6) is 2.14. The fourth-order valence-corrected chi connectivity index (χ4v) is 2.82. The molecule has 14 heavy (non-hydrogen) atoms. The van der Waals surface area contributed by atoms with Crippen molar-refractivity contribution in [2.45, 2.75) is 65.4 Å². The second-order valence-corrected chi connectivity index (χ2v) is 5.38. The summed E-state index contributed by atoms with van der Waals surface area (Å²) in [5.41, 5.74) is 0. The first kappa shape index (κ1) is 12.0. The van der Waals surface area contributed by atoms with Crippen molar-refractivity contribution in [2.24, 2.45) is 17.8 Å². The first-order valence-electron chi connectivity index (χ1n) is 6.31. The molecule has 1 aliphatic rings. The number of aliphatic hydroxyl groups is 1. The quantitative estimate of drug-likeness (QED) is 0.715. The molecule has 0 spiro atoms. The van der Waals surface area contributed by atoms with E-state index in [2.05, 4.69) is 20.8 Å². The van der Waals surface area contributed by atoms with Crippen LogP contribution in [0.4, 0.5) is 0 Å². The molecule has 1 fully saturated rings. The Morgan fingerprint density at radius 3 is 2.57 bits per heavy atom. The van der Waals surface area contributed by atoms with E-state index in [0.717, 1.165) is 12.3 Å². The molecule has 0 aliphatic heterocycles. The van der Waals surface area contributed by atoms with Crippen molar-refractivity contribution in [1.29, 1.82) is 0 Å². The van der Waals surface area contributed by atoms with Crippen LogP contribution in [0.25, 0.3) is 0 Å².